The predicted molar refractivity (Wildman–Crippen MR) is 89.8 cm³/mol. The van der Waals surface area contributed by atoms with Crippen LogP contribution in [0.25, 0.3) is 5.69 Å². The Balaban J connectivity index is 1.75. The molecule has 0 saturated carbocycles. The maximum absolute atomic E-state index is 4.24. The molecule has 1 unspecified atom stereocenters. The molecule has 2 aromatic heterocycles. The molecule has 0 fully saturated rings. The molecule has 0 saturated heterocycles. The van der Waals surface area contributed by atoms with Gasteiger partial charge in [0.25, 0.3) is 0 Å². The van der Waals surface area contributed by atoms with Gasteiger partial charge in [-0.15, -0.1) is 10.2 Å². The fourth-order valence-corrected chi connectivity index (χ4v) is 2.74. The van der Waals surface area contributed by atoms with Crippen LogP contribution in [0, 0.1) is 6.92 Å². The van der Waals surface area contributed by atoms with Crippen LogP contribution in [0.1, 0.15) is 22.7 Å². The lowest BCUT2D eigenvalue weighted by Crippen LogP contribution is -2.15. The van der Waals surface area contributed by atoms with Gasteiger partial charge in [0.1, 0.15) is 6.04 Å². The summed E-state index contributed by atoms with van der Waals surface area (Å²) >= 11 is 0. The van der Waals surface area contributed by atoms with Crippen LogP contribution in [-0.2, 0) is 0 Å². The van der Waals surface area contributed by atoms with Crippen molar-refractivity contribution in [2.45, 2.75) is 13.0 Å². The van der Waals surface area contributed by atoms with Gasteiger partial charge in [-0.05, 0) is 35.4 Å². The van der Waals surface area contributed by atoms with Gasteiger partial charge in [-0.25, -0.2) is 4.98 Å². The third-order valence-electron chi connectivity index (χ3n) is 4.00. The second-order valence-electron chi connectivity index (χ2n) is 5.63. The van der Waals surface area contributed by atoms with E-state index in [9.17, 15) is 0 Å². The highest BCUT2D eigenvalue weighted by atomic mass is 15.6. The van der Waals surface area contributed by atoms with E-state index in [0.29, 0.717) is 0 Å². The van der Waals surface area contributed by atoms with Crippen molar-refractivity contribution in [1.29, 1.82) is 0 Å². The lowest BCUT2D eigenvalue weighted by Gasteiger charge is -2.17. The van der Waals surface area contributed by atoms with Gasteiger partial charge in [-0.3, -0.25) is 0 Å². The molecule has 0 N–H and O–H groups in total. The Morgan fingerprint density at radius 2 is 1.62 bits per heavy atom. The quantitative estimate of drug-likeness (QED) is 0.581. The zero-order valence-electron chi connectivity index (χ0n) is 13.2. The second kappa shape index (κ2) is 6.08. The Morgan fingerprint density at radius 3 is 2.21 bits per heavy atom. The zero-order valence-corrected chi connectivity index (χ0v) is 13.2. The normalized spacial score (nSPS) is 12.2. The van der Waals surface area contributed by atoms with E-state index in [-0.39, 0.29) is 6.04 Å². The molecule has 6 heteroatoms. The molecule has 2 aromatic carbocycles. The third kappa shape index (κ3) is 2.69. The Morgan fingerprint density at radius 1 is 0.917 bits per heavy atom. The Bertz CT molecular complexity index is 893. The molecule has 6 nitrogen and oxygen atoms in total. The van der Waals surface area contributed by atoms with Gasteiger partial charge in [0.05, 0.1) is 6.33 Å². The van der Waals surface area contributed by atoms with Crippen molar-refractivity contribution in [2.75, 3.05) is 0 Å². The molecule has 0 radical (unpaired) electrons. The molecule has 24 heavy (non-hydrogen) atoms. The SMILES string of the molecule is Cc1ccc(C(c2ccc(-n3ccnc3)cc2)n2ncnn2)cc1. The highest BCUT2D eigenvalue weighted by molar-refractivity contribution is 5.39. The molecule has 118 valence electrons. The number of hydrogen-bond acceptors (Lipinski definition) is 4. The summed E-state index contributed by atoms with van der Waals surface area (Å²) in [7, 11) is 0. The second-order valence-corrected chi connectivity index (χ2v) is 5.63. The highest BCUT2D eigenvalue weighted by Crippen LogP contribution is 2.26. The van der Waals surface area contributed by atoms with Gasteiger partial charge in [-0.1, -0.05) is 42.0 Å². The van der Waals surface area contributed by atoms with Crippen molar-refractivity contribution >= 4 is 0 Å². The van der Waals surface area contributed by atoms with E-state index < -0.39 is 0 Å². The van der Waals surface area contributed by atoms with E-state index in [1.54, 1.807) is 17.3 Å². The Hall–Kier alpha value is -3.28. The van der Waals surface area contributed by atoms with E-state index in [1.807, 2.05) is 10.8 Å². The summed E-state index contributed by atoms with van der Waals surface area (Å²) in [5, 5.41) is 12.2. The lowest BCUT2D eigenvalue weighted by molar-refractivity contribution is 0.504. The Labute approximate surface area is 139 Å². The minimum Gasteiger partial charge on any atom is -0.306 e. The van der Waals surface area contributed by atoms with Gasteiger partial charge < -0.3 is 4.57 Å². The molecule has 4 aromatic rings. The molecule has 4 rings (SSSR count). The van der Waals surface area contributed by atoms with Crippen molar-refractivity contribution in [3.8, 4) is 5.69 Å². The number of imidazole rings is 1. The molecule has 2 heterocycles. The minimum absolute atomic E-state index is 0.107. The smallest absolute Gasteiger partial charge is 0.162 e. The number of aromatic nitrogens is 6. The van der Waals surface area contributed by atoms with Crippen LogP contribution in [0.2, 0.25) is 0 Å². The number of tetrazole rings is 1. The first-order chi connectivity index (χ1) is 11.8. The Kier molecular flexibility index (Phi) is 3.63. The first kappa shape index (κ1) is 14.3. The maximum Gasteiger partial charge on any atom is 0.162 e. The van der Waals surface area contributed by atoms with Crippen molar-refractivity contribution < 1.29 is 0 Å². The van der Waals surface area contributed by atoms with E-state index in [4.69, 9.17) is 0 Å². The molecule has 1 atom stereocenters. The van der Waals surface area contributed by atoms with E-state index in [1.165, 1.54) is 11.9 Å². The van der Waals surface area contributed by atoms with Gasteiger partial charge in [0.2, 0.25) is 0 Å². The summed E-state index contributed by atoms with van der Waals surface area (Å²) in [5.41, 5.74) is 4.50. The van der Waals surface area contributed by atoms with Crippen LogP contribution in [0.3, 0.4) is 0 Å². The van der Waals surface area contributed by atoms with Gasteiger partial charge in [0, 0.05) is 18.1 Å². The van der Waals surface area contributed by atoms with E-state index in [2.05, 4.69) is 75.8 Å². The predicted octanol–water partition coefficient (Wildman–Crippen LogP) is 2.80. The number of aryl methyl sites for hydroxylation is 1. The summed E-state index contributed by atoms with van der Waals surface area (Å²) < 4.78 is 1.97. The van der Waals surface area contributed by atoms with E-state index in [0.717, 1.165) is 16.8 Å². The fraction of sp³-hybridized carbons (Fsp3) is 0.111. The summed E-state index contributed by atoms with van der Waals surface area (Å²) in [4.78, 5) is 5.72. The average molecular weight is 316 g/mol. The number of nitrogens with zero attached hydrogens (tertiary/aromatic N) is 6. The van der Waals surface area contributed by atoms with E-state index >= 15 is 0 Å². The first-order valence-corrected chi connectivity index (χ1v) is 7.68. The monoisotopic (exact) mass is 316 g/mol. The lowest BCUT2D eigenvalue weighted by atomic mass is 9.98. The molecule has 0 amide bonds. The number of hydrogen-bond donors (Lipinski definition) is 0. The average Bonchev–Trinajstić information content (AvgIpc) is 3.31. The van der Waals surface area contributed by atoms with Crippen LogP contribution in [-0.4, -0.2) is 29.8 Å². The van der Waals surface area contributed by atoms with Crippen molar-refractivity contribution in [3.05, 3.63) is 90.3 Å². The van der Waals surface area contributed by atoms with Gasteiger partial charge in [0.15, 0.2) is 6.33 Å². The fourth-order valence-electron chi connectivity index (χ4n) is 2.74. The molecule has 0 aliphatic rings. The number of benzene rings is 2. The molecule has 0 aliphatic heterocycles. The highest BCUT2D eigenvalue weighted by Gasteiger charge is 2.18. The zero-order chi connectivity index (χ0) is 16.4. The van der Waals surface area contributed by atoms with Gasteiger partial charge >= 0.3 is 0 Å². The van der Waals surface area contributed by atoms with Crippen molar-refractivity contribution in [1.82, 2.24) is 29.8 Å². The first-order valence-electron chi connectivity index (χ1n) is 7.68. The molecular formula is C18H16N6. The largest absolute Gasteiger partial charge is 0.306 e. The summed E-state index contributed by atoms with van der Waals surface area (Å²) in [5.74, 6) is 0. The molecular weight excluding hydrogens is 300 g/mol. The molecule has 0 aliphatic carbocycles. The van der Waals surface area contributed by atoms with Crippen LogP contribution in [0.4, 0.5) is 0 Å². The topological polar surface area (TPSA) is 61.4 Å². The summed E-state index contributed by atoms with van der Waals surface area (Å²) in [6, 6.07) is 16.6. The standard InChI is InChI=1S/C18H16N6/c1-14-2-4-15(5-3-14)18(24-21-12-20-22-24)16-6-8-17(9-7-16)23-11-10-19-13-23/h2-13,18H,1H3. The summed E-state index contributed by atoms with van der Waals surface area (Å²) in [6.45, 7) is 2.08. The van der Waals surface area contributed by atoms with Crippen molar-refractivity contribution in [2.24, 2.45) is 0 Å². The van der Waals surface area contributed by atoms with Crippen LogP contribution in [0.5, 0.6) is 0 Å². The van der Waals surface area contributed by atoms with Gasteiger partial charge in [-0.2, -0.15) is 4.80 Å². The van der Waals surface area contributed by atoms with Crippen LogP contribution < -0.4 is 0 Å². The summed E-state index contributed by atoms with van der Waals surface area (Å²) in [6.07, 6.45) is 6.93. The minimum atomic E-state index is -0.107. The number of rotatable bonds is 4. The third-order valence-corrected chi connectivity index (χ3v) is 4.00. The van der Waals surface area contributed by atoms with Crippen molar-refractivity contribution in [3.63, 3.8) is 0 Å². The molecule has 0 spiro atoms. The van der Waals surface area contributed by atoms with Crippen LogP contribution in [0.15, 0.2) is 73.6 Å². The molecule has 0 bridgehead atoms. The van der Waals surface area contributed by atoms with Crippen LogP contribution >= 0.6 is 0 Å². The maximum atomic E-state index is 4.24.